The summed E-state index contributed by atoms with van der Waals surface area (Å²) in [4.78, 5) is 0. The molecular weight excluding hydrogens is 192 g/mol. The Bertz CT molecular complexity index is 275. The van der Waals surface area contributed by atoms with Crippen LogP contribution in [-0.4, -0.2) is 6.10 Å². The smallest absolute Gasteiger partial charge is 0.119 e. The molecule has 0 N–H and O–H groups in total. The van der Waals surface area contributed by atoms with Gasteiger partial charge in [-0.05, 0) is 43.4 Å². The SMILES string of the molecule is SCc1ccc(OC2CCCC2)cc1. The fraction of sp³-hybridized carbons (Fsp3) is 0.500. The Balaban J connectivity index is 1.95. The minimum atomic E-state index is 0.455. The van der Waals surface area contributed by atoms with Crippen LogP contribution in [0.3, 0.4) is 0 Å². The number of rotatable bonds is 3. The van der Waals surface area contributed by atoms with Crippen LogP contribution in [-0.2, 0) is 5.75 Å². The zero-order valence-electron chi connectivity index (χ0n) is 8.28. The van der Waals surface area contributed by atoms with E-state index >= 15 is 0 Å². The number of hydrogen-bond donors (Lipinski definition) is 1. The Kier molecular flexibility index (Phi) is 3.35. The van der Waals surface area contributed by atoms with Gasteiger partial charge in [0.05, 0.1) is 6.10 Å². The lowest BCUT2D eigenvalue weighted by molar-refractivity contribution is 0.210. The standard InChI is InChI=1S/C12H16OS/c14-9-10-5-7-12(8-6-10)13-11-3-1-2-4-11/h5-8,11,14H,1-4,9H2. The van der Waals surface area contributed by atoms with Gasteiger partial charge in [-0.2, -0.15) is 12.6 Å². The van der Waals surface area contributed by atoms with E-state index in [0.29, 0.717) is 6.10 Å². The van der Waals surface area contributed by atoms with E-state index in [-0.39, 0.29) is 0 Å². The van der Waals surface area contributed by atoms with E-state index in [1.54, 1.807) is 0 Å². The van der Waals surface area contributed by atoms with Crippen LogP contribution in [0.1, 0.15) is 31.2 Å². The predicted molar refractivity (Wildman–Crippen MR) is 62.0 cm³/mol. The van der Waals surface area contributed by atoms with Crippen LogP contribution in [0.15, 0.2) is 24.3 Å². The van der Waals surface area contributed by atoms with E-state index < -0.39 is 0 Å². The first-order valence-electron chi connectivity index (χ1n) is 5.25. The third-order valence-electron chi connectivity index (χ3n) is 2.71. The molecule has 76 valence electrons. The Morgan fingerprint density at radius 3 is 2.36 bits per heavy atom. The summed E-state index contributed by atoms with van der Waals surface area (Å²) in [5, 5.41) is 0. The highest BCUT2D eigenvalue weighted by atomic mass is 32.1. The van der Waals surface area contributed by atoms with Gasteiger partial charge >= 0.3 is 0 Å². The highest BCUT2D eigenvalue weighted by Gasteiger charge is 2.15. The second kappa shape index (κ2) is 4.74. The molecule has 0 heterocycles. The van der Waals surface area contributed by atoms with Gasteiger partial charge in [-0.3, -0.25) is 0 Å². The van der Waals surface area contributed by atoms with Gasteiger partial charge in [-0.1, -0.05) is 12.1 Å². The average Bonchev–Trinajstić information content (AvgIpc) is 2.72. The molecule has 1 saturated carbocycles. The zero-order valence-corrected chi connectivity index (χ0v) is 9.17. The first-order valence-corrected chi connectivity index (χ1v) is 5.88. The molecule has 14 heavy (non-hydrogen) atoms. The van der Waals surface area contributed by atoms with E-state index in [2.05, 4.69) is 24.8 Å². The predicted octanol–water partition coefficient (Wildman–Crippen LogP) is 3.44. The van der Waals surface area contributed by atoms with Gasteiger partial charge in [0.15, 0.2) is 0 Å². The highest BCUT2D eigenvalue weighted by Crippen LogP contribution is 2.24. The Hall–Kier alpha value is -0.630. The van der Waals surface area contributed by atoms with Gasteiger partial charge < -0.3 is 4.74 Å². The fourth-order valence-electron chi connectivity index (χ4n) is 1.87. The number of benzene rings is 1. The summed E-state index contributed by atoms with van der Waals surface area (Å²) in [7, 11) is 0. The van der Waals surface area contributed by atoms with Crippen molar-refractivity contribution in [2.45, 2.75) is 37.5 Å². The quantitative estimate of drug-likeness (QED) is 0.749. The topological polar surface area (TPSA) is 9.23 Å². The molecule has 1 aliphatic rings. The molecule has 1 aromatic carbocycles. The lowest BCUT2D eigenvalue weighted by Crippen LogP contribution is -2.10. The van der Waals surface area contributed by atoms with E-state index in [0.717, 1.165) is 11.5 Å². The summed E-state index contributed by atoms with van der Waals surface area (Å²) in [5.41, 5.74) is 1.24. The molecule has 0 radical (unpaired) electrons. The van der Waals surface area contributed by atoms with Crippen LogP contribution in [0, 0.1) is 0 Å². The van der Waals surface area contributed by atoms with Crippen molar-refractivity contribution in [2.24, 2.45) is 0 Å². The third-order valence-corrected chi connectivity index (χ3v) is 3.08. The van der Waals surface area contributed by atoms with Crippen molar-refractivity contribution >= 4 is 12.6 Å². The Labute approximate surface area is 90.9 Å². The van der Waals surface area contributed by atoms with E-state index in [1.165, 1.54) is 31.2 Å². The van der Waals surface area contributed by atoms with Gasteiger partial charge in [0.1, 0.15) is 5.75 Å². The second-order valence-electron chi connectivity index (χ2n) is 3.83. The van der Waals surface area contributed by atoms with Crippen LogP contribution in [0.5, 0.6) is 5.75 Å². The summed E-state index contributed by atoms with van der Waals surface area (Å²) < 4.78 is 5.85. The van der Waals surface area contributed by atoms with Gasteiger partial charge in [-0.15, -0.1) is 0 Å². The maximum atomic E-state index is 5.85. The molecule has 2 heteroatoms. The van der Waals surface area contributed by atoms with Gasteiger partial charge in [-0.25, -0.2) is 0 Å². The molecule has 0 unspecified atom stereocenters. The molecule has 2 rings (SSSR count). The summed E-state index contributed by atoms with van der Waals surface area (Å²) >= 11 is 4.22. The van der Waals surface area contributed by atoms with Gasteiger partial charge in [0.25, 0.3) is 0 Å². The van der Waals surface area contributed by atoms with E-state index in [9.17, 15) is 0 Å². The van der Waals surface area contributed by atoms with Crippen LogP contribution in [0.2, 0.25) is 0 Å². The molecule has 0 bridgehead atoms. The Morgan fingerprint density at radius 1 is 1.14 bits per heavy atom. The fourth-order valence-corrected chi connectivity index (χ4v) is 2.08. The van der Waals surface area contributed by atoms with Crippen molar-refractivity contribution in [3.05, 3.63) is 29.8 Å². The number of ether oxygens (including phenoxy) is 1. The van der Waals surface area contributed by atoms with Crippen molar-refractivity contribution in [3.8, 4) is 5.75 Å². The van der Waals surface area contributed by atoms with Gasteiger partial charge in [0.2, 0.25) is 0 Å². The highest BCUT2D eigenvalue weighted by molar-refractivity contribution is 7.79. The molecule has 0 atom stereocenters. The molecule has 0 saturated heterocycles. The average molecular weight is 208 g/mol. The van der Waals surface area contributed by atoms with Crippen molar-refractivity contribution in [3.63, 3.8) is 0 Å². The number of thiol groups is 1. The molecule has 1 aromatic rings. The summed E-state index contributed by atoms with van der Waals surface area (Å²) in [6.07, 6.45) is 5.53. The molecule has 0 aliphatic heterocycles. The monoisotopic (exact) mass is 208 g/mol. The second-order valence-corrected chi connectivity index (χ2v) is 4.14. The first-order chi connectivity index (χ1) is 6.88. The maximum absolute atomic E-state index is 5.85. The maximum Gasteiger partial charge on any atom is 0.119 e. The molecule has 0 aromatic heterocycles. The molecule has 1 nitrogen and oxygen atoms in total. The van der Waals surface area contributed by atoms with E-state index in [1.807, 2.05) is 12.1 Å². The van der Waals surface area contributed by atoms with E-state index in [4.69, 9.17) is 4.74 Å². The minimum absolute atomic E-state index is 0.455. The van der Waals surface area contributed by atoms with Crippen LogP contribution in [0.25, 0.3) is 0 Å². The van der Waals surface area contributed by atoms with Crippen LogP contribution < -0.4 is 4.74 Å². The van der Waals surface area contributed by atoms with Crippen molar-refractivity contribution in [1.82, 2.24) is 0 Å². The largest absolute Gasteiger partial charge is 0.490 e. The van der Waals surface area contributed by atoms with Crippen LogP contribution in [0.4, 0.5) is 0 Å². The molecule has 1 aliphatic carbocycles. The summed E-state index contributed by atoms with van der Waals surface area (Å²) in [6.45, 7) is 0. The molecule has 0 spiro atoms. The summed E-state index contributed by atoms with van der Waals surface area (Å²) in [6, 6.07) is 8.25. The van der Waals surface area contributed by atoms with Gasteiger partial charge in [0, 0.05) is 5.75 Å². The Morgan fingerprint density at radius 2 is 1.79 bits per heavy atom. The zero-order chi connectivity index (χ0) is 9.80. The normalized spacial score (nSPS) is 17.2. The van der Waals surface area contributed by atoms with Crippen molar-refractivity contribution in [2.75, 3.05) is 0 Å². The lowest BCUT2D eigenvalue weighted by Gasteiger charge is -2.12. The van der Waals surface area contributed by atoms with Crippen molar-refractivity contribution in [1.29, 1.82) is 0 Å². The lowest BCUT2D eigenvalue weighted by atomic mass is 10.2. The first kappa shape index (κ1) is 9.91. The van der Waals surface area contributed by atoms with Crippen LogP contribution >= 0.6 is 12.6 Å². The summed E-state index contributed by atoms with van der Waals surface area (Å²) in [5.74, 6) is 1.80. The third kappa shape index (κ3) is 2.44. The number of hydrogen-bond acceptors (Lipinski definition) is 2. The van der Waals surface area contributed by atoms with Crippen molar-refractivity contribution < 1.29 is 4.74 Å². The molecule has 1 fully saturated rings. The minimum Gasteiger partial charge on any atom is -0.490 e. The molecule has 0 amide bonds. The molecular formula is C12H16OS.